The molecule has 0 radical (unpaired) electrons. The van der Waals surface area contributed by atoms with Crippen LogP contribution < -0.4 is 9.62 Å². The van der Waals surface area contributed by atoms with Crippen molar-refractivity contribution >= 4 is 33.4 Å². The minimum absolute atomic E-state index is 0.0537. The molecule has 11 heteroatoms. The molecule has 1 aromatic heterocycles. The summed E-state index contributed by atoms with van der Waals surface area (Å²) in [5.74, 6) is 0.589. The molecule has 3 rings (SSSR count). The van der Waals surface area contributed by atoms with Gasteiger partial charge >= 0.3 is 0 Å². The lowest BCUT2D eigenvalue weighted by atomic mass is 10.2. The van der Waals surface area contributed by atoms with E-state index >= 15 is 0 Å². The lowest BCUT2D eigenvalue weighted by molar-refractivity contribution is -0.119. The second-order valence-corrected chi connectivity index (χ2v) is 9.64. The van der Waals surface area contributed by atoms with Gasteiger partial charge in [-0.1, -0.05) is 30.0 Å². The second-order valence-electron chi connectivity index (χ2n) is 6.79. The van der Waals surface area contributed by atoms with Gasteiger partial charge in [-0.05, 0) is 25.0 Å². The minimum Gasteiger partial charge on any atom is -0.376 e. The Balaban J connectivity index is 1.60. The molecular formula is C18H25N5O4S2. The normalized spacial score (nSPS) is 16.7. The first-order chi connectivity index (χ1) is 13.8. The minimum atomic E-state index is -3.50. The third kappa shape index (κ3) is 5.94. The first-order valence-corrected chi connectivity index (χ1v) is 12.1. The monoisotopic (exact) mass is 439 g/mol. The van der Waals surface area contributed by atoms with Gasteiger partial charge in [-0.15, -0.1) is 10.2 Å². The van der Waals surface area contributed by atoms with E-state index in [0.717, 1.165) is 25.7 Å². The SMILES string of the molecule is Cn1c(CN(c2ccccc2)S(C)(=O)=O)nnc1SCC(=O)NC[C@@H]1CCCO1. The van der Waals surface area contributed by atoms with Gasteiger partial charge in [0.15, 0.2) is 11.0 Å². The predicted molar refractivity (Wildman–Crippen MR) is 111 cm³/mol. The molecule has 1 N–H and O–H groups in total. The number of thioether (sulfide) groups is 1. The Morgan fingerprint density at radius 3 is 2.76 bits per heavy atom. The number of carbonyl (C=O) groups excluding carboxylic acids is 1. The average Bonchev–Trinajstić information content (AvgIpc) is 3.33. The average molecular weight is 440 g/mol. The Kier molecular flexibility index (Phi) is 7.14. The summed E-state index contributed by atoms with van der Waals surface area (Å²) in [7, 11) is -1.74. The first kappa shape index (κ1) is 21.6. The highest BCUT2D eigenvalue weighted by Gasteiger charge is 2.22. The fraction of sp³-hybridized carbons (Fsp3) is 0.500. The molecule has 0 unspecified atom stereocenters. The number of hydrogen-bond donors (Lipinski definition) is 1. The van der Waals surface area contributed by atoms with Crippen LogP contribution in [-0.2, 0) is 33.1 Å². The highest BCUT2D eigenvalue weighted by atomic mass is 32.2. The number of anilines is 1. The standard InChI is InChI=1S/C18H25N5O4S2/c1-22-16(12-23(29(2,25)26)14-7-4-3-5-8-14)20-21-18(22)28-13-17(24)19-11-15-9-6-10-27-15/h3-5,7-8,15H,6,9-13H2,1-2H3,(H,19,24)/t15-/m0/s1. The summed E-state index contributed by atoms with van der Waals surface area (Å²) in [5, 5.41) is 11.6. The summed E-state index contributed by atoms with van der Waals surface area (Å²) < 4.78 is 33.0. The number of benzene rings is 1. The third-order valence-electron chi connectivity index (χ3n) is 4.54. The molecule has 1 fully saturated rings. The maximum Gasteiger partial charge on any atom is 0.232 e. The van der Waals surface area contributed by atoms with Crippen LogP contribution in [0, 0.1) is 0 Å². The molecule has 1 amide bonds. The zero-order valence-corrected chi connectivity index (χ0v) is 18.1. The lowest BCUT2D eigenvalue weighted by Gasteiger charge is -2.21. The van der Waals surface area contributed by atoms with E-state index in [1.54, 1.807) is 35.9 Å². The topological polar surface area (TPSA) is 106 Å². The van der Waals surface area contributed by atoms with Gasteiger partial charge < -0.3 is 14.6 Å². The molecule has 0 saturated carbocycles. The van der Waals surface area contributed by atoms with E-state index in [1.807, 2.05) is 6.07 Å². The molecular weight excluding hydrogens is 414 g/mol. The number of hydrogen-bond acceptors (Lipinski definition) is 7. The lowest BCUT2D eigenvalue weighted by Crippen LogP contribution is -2.33. The van der Waals surface area contributed by atoms with Crippen LogP contribution >= 0.6 is 11.8 Å². The number of nitrogens with one attached hydrogen (secondary N) is 1. The van der Waals surface area contributed by atoms with Crippen molar-refractivity contribution in [1.82, 2.24) is 20.1 Å². The Hall–Kier alpha value is -2.11. The molecule has 2 heterocycles. The van der Waals surface area contributed by atoms with Crippen molar-refractivity contribution in [3.63, 3.8) is 0 Å². The van der Waals surface area contributed by atoms with Crippen LogP contribution in [0.25, 0.3) is 0 Å². The van der Waals surface area contributed by atoms with Gasteiger partial charge in [-0.2, -0.15) is 0 Å². The van der Waals surface area contributed by atoms with E-state index in [1.165, 1.54) is 16.1 Å². The summed E-state index contributed by atoms with van der Waals surface area (Å²) in [5.41, 5.74) is 0.556. The van der Waals surface area contributed by atoms with Crippen molar-refractivity contribution in [3.05, 3.63) is 36.2 Å². The molecule has 1 saturated heterocycles. The number of amides is 1. The molecule has 0 bridgehead atoms. The maximum atomic E-state index is 12.3. The van der Waals surface area contributed by atoms with Crippen LogP contribution in [0.2, 0.25) is 0 Å². The number of ether oxygens (including phenoxy) is 1. The molecule has 1 aliphatic heterocycles. The van der Waals surface area contributed by atoms with Gasteiger partial charge in [0.1, 0.15) is 0 Å². The molecule has 0 spiro atoms. The van der Waals surface area contributed by atoms with Crippen LogP contribution in [0.3, 0.4) is 0 Å². The van der Waals surface area contributed by atoms with Crippen LogP contribution in [-0.4, -0.2) is 60.4 Å². The first-order valence-electron chi connectivity index (χ1n) is 9.26. The molecule has 1 atom stereocenters. The van der Waals surface area contributed by atoms with E-state index in [2.05, 4.69) is 15.5 Å². The van der Waals surface area contributed by atoms with E-state index in [4.69, 9.17) is 4.74 Å². The van der Waals surface area contributed by atoms with E-state index in [-0.39, 0.29) is 24.3 Å². The highest BCUT2D eigenvalue weighted by Crippen LogP contribution is 2.21. The van der Waals surface area contributed by atoms with Gasteiger partial charge in [-0.3, -0.25) is 9.10 Å². The number of rotatable bonds is 9. The molecule has 0 aliphatic carbocycles. The van der Waals surface area contributed by atoms with Crippen molar-refractivity contribution in [2.45, 2.75) is 30.6 Å². The fourth-order valence-electron chi connectivity index (χ4n) is 2.95. The van der Waals surface area contributed by atoms with Gasteiger partial charge in [-0.25, -0.2) is 8.42 Å². The summed E-state index contributed by atoms with van der Waals surface area (Å²) in [6.07, 6.45) is 3.26. The number of para-hydroxylation sites is 1. The van der Waals surface area contributed by atoms with E-state index in [9.17, 15) is 13.2 Å². The van der Waals surface area contributed by atoms with Gasteiger partial charge in [0.2, 0.25) is 15.9 Å². The quantitative estimate of drug-likeness (QED) is 0.585. The largest absolute Gasteiger partial charge is 0.376 e. The fourth-order valence-corrected chi connectivity index (χ4v) is 4.56. The highest BCUT2D eigenvalue weighted by molar-refractivity contribution is 7.99. The van der Waals surface area contributed by atoms with Crippen molar-refractivity contribution in [2.75, 3.05) is 29.5 Å². The summed E-state index contributed by atoms with van der Waals surface area (Å²) in [6, 6.07) is 8.84. The van der Waals surface area contributed by atoms with Crippen molar-refractivity contribution in [2.24, 2.45) is 7.05 Å². The van der Waals surface area contributed by atoms with E-state index in [0.29, 0.717) is 23.2 Å². The molecule has 158 valence electrons. The molecule has 1 aliphatic rings. The molecule has 29 heavy (non-hydrogen) atoms. The maximum absolute atomic E-state index is 12.3. The van der Waals surface area contributed by atoms with Gasteiger partial charge in [0.05, 0.1) is 30.3 Å². The number of nitrogens with zero attached hydrogens (tertiary/aromatic N) is 4. The number of aromatic nitrogens is 3. The summed E-state index contributed by atoms with van der Waals surface area (Å²) in [6.45, 7) is 1.33. The van der Waals surface area contributed by atoms with Crippen LogP contribution in [0.5, 0.6) is 0 Å². The van der Waals surface area contributed by atoms with Crippen molar-refractivity contribution < 1.29 is 17.9 Å². The van der Waals surface area contributed by atoms with E-state index < -0.39 is 10.0 Å². The van der Waals surface area contributed by atoms with Crippen molar-refractivity contribution in [1.29, 1.82) is 0 Å². The summed E-state index contributed by atoms with van der Waals surface area (Å²) in [4.78, 5) is 12.1. The second kappa shape index (κ2) is 9.59. The van der Waals surface area contributed by atoms with Crippen LogP contribution in [0.1, 0.15) is 18.7 Å². The van der Waals surface area contributed by atoms with Crippen molar-refractivity contribution in [3.8, 4) is 0 Å². The predicted octanol–water partition coefficient (Wildman–Crippen LogP) is 1.17. The Bertz CT molecular complexity index is 927. The van der Waals surface area contributed by atoms with Gasteiger partial charge in [0.25, 0.3) is 0 Å². The zero-order valence-electron chi connectivity index (χ0n) is 16.4. The summed E-state index contributed by atoms with van der Waals surface area (Å²) >= 11 is 1.26. The number of sulfonamides is 1. The van der Waals surface area contributed by atoms with Crippen LogP contribution in [0.4, 0.5) is 5.69 Å². The van der Waals surface area contributed by atoms with Gasteiger partial charge in [0, 0.05) is 20.2 Å². The Labute approximate surface area is 174 Å². The number of carbonyl (C=O) groups is 1. The Morgan fingerprint density at radius 1 is 1.34 bits per heavy atom. The Morgan fingerprint density at radius 2 is 2.10 bits per heavy atom. The van der Waals surface area contributed by atoms with Crippen LogP contribution in [0.15, 0.2) is 35.5 Å². The zero-order chi connectivity index (χ0) is 20.9. The molecule has 1 aromatic carbocycles. The third-order valence-corrected chi connectivity index (χ3v) is 6.70. The molecule has 2 aromatic rings. The smallest absolute Gasteiger partial charge is 0.232 e. The molecule has 9 nitrogen and oxygen atoms in total.